The fourth-order valence-electron chi connectivity index (χ4n) is 3.80. The van der Waals surface area contributed by atoms with Crippen LogP contribution in [0.2, 0.25) is 0 Å². The highest BCUT2D eigenvalue weighted by Crippen LogP contribution is 2.33. The van der Waals surface area contributed by atoms with Crippen molar-refractivity contribution in [3.63, 3.8) is 0 Å². The molecule has 1 atom stereocenters. The summed E-state index contributed by atoms with van der Waals surface area (Å²) in [7, 11) is 0. The van der Waals surface area contributed by atoms with E-state index in [-0.39, 0.29) is 23.9 Å². The van der Waals surface area contributed by atoms with E-state index in [1.165, 1.54) is 4.90 Å². The molecule has 138 valence electrons. The number of carbonyl (C=O) groups excluding carboxylic acids is 3. The van der Waals surface area contributed by atoms with Crippen LogP contribution in [0.3, 0.4) is 0 Å². The number of anilines is 1. The first-order valence-corrected chi connectivity index (χ1v) is 9.12. The van der Waals surface area contributed by atoms with Crippen LogP contribution in [0.15, 0.2) is 48.5 Å². The zero-order chi connectivity index (χ0) is 19.0. The Labute approximate surface area is 157 Å². The Balaban J connectivity index is 1.59. The van der Waals surface area contributed by atoms with Gasteiger partial charge in [0.15, 0.2) is 0 Å². The first kappa shape index (κ1) is 17.3. The molecule has 0 aliphatic carbocycles. The van der Waals surface area contributed by atoms with Gasteiger partial charge in [0.25, 0.3) is 11.8 Å². The molecule has 2 aromatic rings. The summed E-state index contributed by atoms with van der Waals surface area (Å²) in [6, 6.07) is 14.0. The Kier molecular flexibility index (Phi) is 4.39. The molecule has 6 nitrogen and oxygen atoms in total. The van der Waals surface area contributed by atoms with E-state index in [1.807, 2.05) is 12.1 Å². The van der Waals surface area contributed by atoms with E-state index in [0.29, 0.717) is 23.3 Å². The first-order valence-electron chi connectivity index (χ1n) is 9.12. The molecule has 2 heterocycles. The molecule has 0 spiro atoms. The number of fused-ring (bicyclic) bond motifs is 1. The van der Waals surface area contributed by atoms with Gasteiger partial charge in [-0.2, -0.15) is 0 Å². The zero-order valence-corrected chi connectivity index (χ0v) is 15.1. The monoisotopic (exact) mass is 364 g/mol. The number of imide groups is 1. The number of nitrogens with zero attached hydrogens (tertiary/aromatic N) is 2. The minimum absolute atomic E-state index is 0.240. The summed E-state index contributed by atoms with van der Waals surface area (Å²) in [4.78, 5) is 40.9. The molecule has 1 saturated heterocycles. The Hall–Kier alpha value is -3.15. The fraction of sp³-hybridized carbons (Fsp3) is 0.286. The molecule has 4 rings (SSSR count). The van der Waals surface area contributed by atoms with Crippen LogP contribution in [-0.4, -0.2) is 42.0 Å². The Morgan fingerprint density at radius 3 is 2.26 bits per heavy atom. The second-order valence-electron chi connectivity index (χ2n) is 6.61. The number of amides is 2. The van der Waals surface area contributed by atoms with Gasteiger partial charge in [0.05, 0.1) is 23.3 Å². The molecule has 2 aromatic carbocycles. The van der Waals surface area contributed by atoms with Crippen LogP contribution in [0, 0.1) is 0 Å². The van der Waals surface area contributed by atoms with E-state index in [2.05, 4.69) is 4.90 Å². The van der Waals surface area contributed by atoms with Crippen LogP contribution >= 0.6 is 0 Å². The van der Waals surface area contributed by atoms with Crippen molar-refractivity contribution in [1.29, 1.82) is 0 Å². The molecular weight excluding hydrogens is 344 g/mol. The number of hydrogen-bond donors (Lipinski definition) is 0. The first-order chi connectivity index (χ1) is 13.1. The van der Waals surface area contributed by atoms with Crippen LogP contribution in [0.25, 0.3) is 0 Å². The summed E-state index contributed by atoms with van der Waals surface area (Å²) in [5.74, 6) is -0.839. The highest BCUT2D eigenvalue weighted by molar-refractivity contribution is 6.21. The second kappa shape index (κ2) is 6.87. The molecular formula is C21H20N2O4. The average Bonchev–Trinajstić information content (AvgIpc) is 3.26. The van der Waals surface area contributed by atoms with Gasteiger partial charge in [-0.05, 0) is 56.2 Å². The number of carbonyl (C=O) groups is 3. The summed E-state index contributed by atoms with van der Waals surface area (Å²) in [5, 5.41) is 0. The Bertz CT molecular complexity index is 872. The molecule has 1 fully saturated rings. The maximum Gasteiger partial charge on any atom is 0.338 e. The summed E-state index contributed by atoms with van der Waals surface area (Å²) in [6.07, 6.45) is 1.30. The van der Waals surface area contributed by atoms with Gasteiger partial charge in [0.2, 0.25) is 0 Å². The normalized spacial score (nSPS) is 18.8. The third kappa shape index (κ3) is 2.87. The number of esters is 1. The largest absolute Gasteiger partial charge is 0.462 e. The Morgan fingerprint density at radius 1 is 1.04 bits per heavy atom. The molecule has 0 aromatic heterocycles. The van der Waals surface area contributed by atoms with E-state index >= 15 is 0 Å². The van der Waals surface area contributed by atoms with Gasteiger partial charge in [-0.25, -0.2) is 4.79 Å². The molecule has 0 bridgehead atoms. The molecule has 0 saturated carbocycles. The standard InChI is InChI=1S/C21H20N2O4/c1-2-27-21(26)14-9-11-15(12-10-14)22-13-5-8-18(22)23-19(24)16-6-3-4-7-17(16)20(23)25/h3-4,6-7,9-12,18H,2,5,8,13H2,1H3. The third-order valence-corrected chi connectivity index (χ3v) is 5.05. The highest BCUT2D eigenvalue weighted by Gasteiger charge is 2.43. The number of ether oxygens (including phenoxy) is 1. The van der Waals surface area contributed by atoms with Gasteiger partial charge in [-0.3, -0.25) is 14.5 Å². The maximum atomic E-state index is 12.8. The van der Waals surface area contributed by atoms with Crippen LogP contribution in [0.4, 0.5) is 5.69 Å². The minimum atomic E-state index is -0.359. The summed E-state index contributed by atoms with van der Waals surface area (Å²) < 4.78 is 5.01. The molecule has 2 aliphatic heterocycles. The predicted molar refractivity (Wildman–Crippen MR) is 99.7 cm³/mol. The Morgan fingerprint density at radius 2 is 1.67 bits per heavy atom. The third-order valence-electron chi connectivity index (χ3n) is 5.05. The van der Waals surface area contributed by atoms with Gasteiger partial charge >= 0.3 is 5.97 Å². The van der Waals surface area contributed by atoms with E-state index in [4.69, 9.17) is 4.74 Å². The lowest BCUT2D eigenvalue weighted by molar-refractivity contribution is 0.0524. The van der Waals surface area contributed by atoms with E-state index in [1.54, 1.807) is 43.3 Å². The van der Waals surface area contributed by atoms with Crippen LogP contribution < -0.4 is 4.90 Å². The van der Waals surface area contributed by atoms with Crippen LogP contribution in [0.1, 0.15) is 50.8 Å². The highest BCUT2D eigenvalue weighted by atomic mass is 16.5. The molecule has 2 aliphatic rings. The summed E-state index contributed by atoms with van der Waals surface area (Å²) in [6.45, 7) is 2.84. The average molecular weight is 364 g/mol. The lowest BCUT2D eigenvalue weighted by Gasteiger charge is -2.32. The lowest BCUT2D eigenvalue weighted by atomic mass is 10.1. The number of rotatable bonds is 4. The quantitative estimate of drug-likeness (QED) is 0.616. The molecule has 0 radical (unpaired) electrons. The van der Waals surface area contributed by atoms with E-state index in [9.17, 15) is 14.4 Å². The lowest BCUT2D eigenvalue weighted by Crippen LogP contribution is -2.47. The number of benzene rings is 2. The van der Waals surface area contributed by atoms with E-state index in [0.717, 1.165) is 25.1 Å². The zero-order valence-electron chi connectivity index (χ0n) is 15.1. The van der Waals surface area contributed by atoms with Crippen LogP contribution in [0.5, 0.6) is 0 Å². The van der Waals surface area contributed by atoms with Gasteiger partial charge in [0.1, 0.15) is 6.17 Å². The number of hydrogen-bond acceptors (Lipinski definition) is 5. The van der Waals surface area contributed by atoms with E-state index < -0.39 is 0 Å². The molecule has 1 unspecified atom stereocenters. The SMILES string of the molecule is CCOC(=O)c1ccc(N2CCCC2N2C(=O)c3ccccc3C2=O)cc1. The van der Waals surface area contributed by atoms with Crippen molar-refractivity contribution < 1.29 is 19.1 Å². The van der Waals surface area contributed by atoms with Crippen molar-refractivity contribution in [2.45, 2.75) is 25.9 Å². The van der Waals surface area contributed by atoms with Gasteiger partial charge < -0.3 is 9.64 Å². The predicted octanol–water partition coefficient (Wildman–Crippen LogP) is 3.09. The van der Waals surface area contributed by atoms with Crippen molar-refractivity contribution in [3.8, 4) is 0 Å². The van der Waals surface area contributed by atoms with Crippen molar-refractivity contribution in [3.05, 3.63) is 65.2 Å². The van der Waals surface area contributed by atoms with Crippen molar-refractivity contribution in [1.82, 2.24) is 4.90 Å². The van der Waals surface area contributed by atoms with Gasteiger partial charge in [0, 0.05) is 12.2 Å². The van der Waals surface area contributed by atoms with Crippen molar-refractivity contribution in [2.75, 3.05) is 18.1 Å². The summed E-state index contributed by atoms with van der Waals surface area (Å²) >= 11 is 0. The van der Waals surface area contributed by atoms with Crippen molar-refractivity contribution in [2.24, 2.45) is 0 Å². The molecule has 0 N–H and O–H groups in total. The van der Waals surface area contributed by atoms with Crippen LogP contribution in [-0.2, 0) is 4.74 Å². The molecule has 27 heavy (non-hydrogen) atoms. The van der Waals surface area contributed by atoms with Crippen molar-refractivity contribution >= 4 is 23.5 Å². The molecule has 2 amide bonds. The molecule has 6 heteroatoms. The topological polar surface area (TPSA) is 66.9 Å². The minimum Gasteiger partial charge on any atom is -0.462 e. The van der Waals surface area contributed by atoms with Gasteiger partial charge in [-0.1, -0.05) is 12.1 Å². The smallest absolute Gasteiger partial charge is 0.338 e. The van der Waals surface area contributed by atoms with Gasteiger partial charge in [-0.15, -0.1) is 0 Å². The second-order valence-corrected chi connectivity index (χ2v) is 6.61. The maximum absolute atomic E-state index is 12.8. The summed E-state index contributed by atoms with van der Waals surface area (Å²) in [5.41, 5.74) is 2.29. The fourth-order valence-corrected chi connectivity index (χ4v) is 3.80.